The lowest BCUT2D eigenvalue weighted by atomic mass is 9.93. The van der Waals surface area contributed by atoms with Gasteiger partial charge < -0.3 is 24.2 Å². The number of carbonyl (C=O) groups excluding carboxylic acids is 2. The summed E-state index contributed by atoms with van der Waals surface area (Å²) >= 11 is 0. The minimum absolute atomic E-state index is 0.0525. The molecule has 212 valence electrons. The van der Waals surface area contributed by atoms with Crippen molar-refractivity contribution in [2.45, 2.75) is 13.0 Å². The van der Waals surface area contributed by atoms with E-state index in [2.05, 4.69) is 11.5 Å². The fraction of sp³-hybridized carbons (Fsp3) is 0.273. The summed E-state index contributed by atoms with van der Waals surface area (Å²) in [5.41, 5.74) is 1.90. The molecule has 0 aromatic heterocycles. The third-order valence-corrected chi connectivity index (χ3v) is 7.27. The number of benzene rings is 3. The Labute approximate surface area is 240 Å². The SMILES string of the molecule is C=CCOc1ccc(C(O)=C2C(=O)C(=O)N(CCN3CCOCC3)[C@H]2c2cccc(Oc3ccccc3)c2)c(C)c1. The normalized spacial score (nSPS) is 18.9. The Morgan fingerprint density at radius 2 is 1.73 bits per heavy atom. The number of hydrogen-bond acceptors (Lipinski definition) is 7. The number of amides is 1. The van der Waals surface area contributed by atoms with Crippen LogP contribution < -0.4 is 9.47 Å². The van der Waals surface area contributed by atoms with Crippen LogP contribution in [0.2, 0.25) is 0 Å². The molecule has 2 aliphatic heterocycles. The number of hydrogen-bond donors (Lipinski definition) is 1. The van der Waals surface area contributed by atoms with Crippen LogP contribution >= 0.6 is 0 Å². The first-order valence-corrected chi connectivity index (χ1v) is 13.7. The van der Waals surface area contributed by atoms with Crippen LogP contribution in [0.25, 0.3) is 5.76 Å². The number of rotatable bonds is 10. The Balaban J connectivity index is 1.54. The first-order valence-electron chi connectivity index (χ1n) is 13.7. The molecule has 41 heavy (non-hydrogen) atoms. The van der Waals surface area contributed by atoms with E-state index >= 15 is 0 Å². The Hall–Kier alpha value is -4.40. The van der Waals surface area contributed by atoms with Crippen molar-refractivity contribution < 1.29 is 28.9 Å². The lowest BCUT2D eigenvalue weighted by Crippen LogP contribution is -2.42. The lowest BCUT2D eigenvalue weighted by Gasteiger charge is -2.31. The van der Waals surface area contributed by atoms with Crippen molar-refractivity contribution in [1.82, 2.24) is 9.80 Å². The summed E-state index contributed by atoms with van der Waals surface area (Å²) in [6.45, 7) is 9.53. The summed E-state index contributed by atoms with van der Waals surface area (Å²) in [6, 6.07) is 21.1. The number of para-hydroxylation sites is 1. The predicted molar refractivity (Wildman–Crippen MR) is 156 cm³/mol. The molecule has 1 N–H and O–H groups in total. The summed E-state index contributed by atoms with van der Waals surface area (Å²) < 4.78 is 17.1. The fourth-order valence-electron chi connectivity index (χ4n) is 5.20. The largest absolute Gasteiger partial charge is 0.507 e. The first kappa shape index (κ1) is 28.1. The van der Waals surface area contributed by atoms with E-state index in [0.29, 0.717) is 66.8 Å². The molecular weight excluding hydrogens is 520 g/mol. The third kappa shape index (κ3) is 6.34. The summed E-state index contributed by atoms with van der Waals surface area (Å²) in [5, 5.41) is 11.6. The highest BCUT2D eigenvalue weighted by molar-refractivity contribution is 6.46. The van der Waals surface area contributed by atoms with E-state index in [1.54, 1.807) is 29.2 Å². The van der Waals surface area contributed by atoms with Gasteiger partial charge in [-0.15, -0.1) is 0 Å². The summed E-state index contributed by atoms with van der Waals surface area (Å²) in [4.78, 5) is 30.8. The van der Waals surface area contributed by atoms with Crippen molar-refractivity contribution in [3.8, 4) is 17.2 Å². The average Bonchev–Trinajstić information content (AvgIpc) is 3.25. The molecule has 0 radical (unpaired) electrons. The third-order valence-electron chi connectivity index (χ3n) is 7.27. The van der Waals surface area contributed by atoms with Gasteiger partial charge in [-0.2, -0.15) is 0 Å². The van der Waals surface area contributed by atoms with Crippen LogP contribution in [0.4, 0.5) is 0 Å². The number of carbonyl (C=O) groups is 2. The van der Waals surface area contributed by atoms with Gasteiger partial charge in [0.2, 0.25) is 0 Å². The second-order valence-corrected chi connectivity index (χ2v) is 10.0. The van der Waals surface area contributed by atoms with E-state index in [4.69, 9.17) is 14.2 Å². The molecule has 1 atom stereocenters. The number of aryl methyl sites for hydroxylation is 1. The highest BCUT2D eigenvalue weighted by Gasteiger charge is 2.46. The number of ether oxygens (including phenoxy) is 3. The van der Waals surface area contributed by atoms with Crippen LogP contribution in [0, 0.1) is 6.92 Å². The predicted octanol–water partition coefficient (Wildman–Crippen LogP) is 5.11. The molecule has 2 saturated heterocycles. The van der Waals surface area contributed by atoms with E-state index in [1.165, 1.54) is 0 Å². The molecule has 8 nitrogen and oxygen atoms in total. The number of morpholine rings is 1. The second kappa shape index (κ2) is 12.8. The molecule has 0 unspecified atom stereocenters. The maximum Gasteiger partial charge on any atom is 0.295 e. The van der Waals surface area contributed by atoms with Crippen molar-refractivity contribution in [2.24, 2.45) is 0 Å². The van der Waals surface area contributed by atoms with Gasteiger partial charge >= 0.3 is 0 Å². The van der Waals surface area contributed by atoms with Gasteiger partial charge in [-0.3, -0.25) is 14.5 Å². The maximum atomic E-state index is 13.6. The second-order valence-electron chi connectivity index (χ2n) is 10.0. The Morgan fingerprint density at radius 1 is 0.976 bits per heavy atom. The quantitative estimate of drug-likeness (QED) is 0.161. The van der Waals surface area contributed by atoms with E-state index in [1.807, 2.05) is 61.5 Å². The maximum absolute atomic E-state index is 13.6. The van der Waals surface area contributed by atoms with Gasteiger partial charge in [-0.1, -0.05) is 43.0 Å². The zero-order valence-electron chi connectivity index (χ0n) is 23.1. The van der Waals surface area contributed by atoms with E-state index < -0.39 is 17.7 Å². The van der Waals surface area contributed by atoms with Crippen LogP contribution in [-0.2, 0) is 14.3 Å². The number of aliphatic hydroxyl groups excluding tert-OH is 1. The molecule has 0 aliphatic carbocycles. The zero-order chi connectivity index (χ0) is 28.8. The number of nitrogens with zero attached hydrogens (tertiary/aromatic N) is 2. The first-order chi connectivity index (χ1) is 20.0. The van der Waals surface area contributed by atoms with Crippen LogP contribution in [-0.4, -0.2) is 72.6 Å². The smallest absolute Gasteiger partial charge is 0.295 e. The molecular formula is C33H34N2O6. The lowest BCUT2D eigenvalue weighted by molar-refractivity contribution is -0.140. The van der Waals surface area contributed by atoms with Gasteiger partial charge in [-0.05, 0) is 60.5 Å². The molecule has 2 heterocycles. The van der Waals surface area contributed by atoms with E-state index in [0.717, 1.165) is 13.1 Å². The highest BCUT2D eigenvalue weighted by atomic mass is 16.5. The zero-order valence-corrected chi connectivity index (χ0v) is 23.1. The van der Waals surface area contributed by atoms with Crippen molar-refractivity contribution in [3.63, 3.8) is 0 Å². The molecule has 2 aliphatic rings. The molecule has 3 aromatic carbocycles. The summed E-state index contributed by atoms with van der Waals surface area (Å²) in [5.74, 6) is 0.280. The van der Waals surface area contributed by atoms with Gasteiger partial charge in [0.15, 0.2) is 0 Å². The van der Waals surface area contributed by atoms with Gasteiger partial charge in [0.25, 0.3) is 11.7 Å². The van der Waals surface area contributed by atoms with Crippen LogP contribution in [0.15, 0.2) is 91.0 Å². The summed E-state index contributed by atoms with van der Waals surface area (Å²) in [6.07, 6.45) is 1.65. The molecule has 0 saturated carbocycles. The molecule has 5 rings (SSSR count). The van der Waals surface area contributed by atoms with Crippen LogP contribution in [0.3, 0.4) is 0 Å². The number of ketones is 1. The van der Waals surface area contributed by atoms with Gasteiger partial charge in [0.05, 0.1) is 24.8 Å². The minimum Gasteiger partial charge on any atom is -0.507 e. The van der Waals surface area contributed by atoms with Crippen molar-refractivity contribution in [2.75, 3.05) is 46.0 Å². The van der Waals surface area contributed by atoms with Gasteiger partial charge in [-0.25, -0.2) is 0 Å². The van der Waals surface area contributed by atoms with Crippen molar-refractivity contribution >= 4 is 17.4 Å². The number of likely N-dealkylation sites (tertiary alicyclic amines) is 1. The standard InChI is InChI=1S/C33H34N2O6/c1-3-18-40-26-12-13-28(23(2)21-26)31(36)29-30(24-8-7-11-27(22-24)41-25-9-5-4-6-10-25)35(33(38)32(29)37)15-14-34-16-19-39-20-17-34/h3-13,21-22,30,36H,1,14-20H2,2H3/t30-/m0/s1. The minimum atomic E-state index is -0.786. The number of aliphatic hydroxyl groups is 1. The molecule has 2 fully saturated rings. The highest BCUT2D eigenvalue weighted by Crippen LogP contribution is 2.41. The Bertz CT molecular complexity index is 1450. The van der Waals surface area contributed by atoms with Gasteiger partial charge in [0.1, 0.15) is 29.6 Å². The van der Waals surface area contributed by atoms with Crippen LogP contribution in [0.5, 0.6) is 17.2 Å². The van der Waals surface area contributed by atoms with Crippen molar-refractivity contribution in [1.29, 1.82) is 0 Å². The summed E-state index contributed by atoms with van der Waals surface area (Å²) in [7, 11) is 0. The molecule has 8 heteroatoms. The topological polar surface area (TPSA) is 88.5 Å². The van der Waals surface area contributed by atoms with E-state index in [-0.39, 0.29) is 11.3 Å². The average molecular weight is 555 g/mol. The molecule has 1 amide bonds. The molecule has 0 spiro atoms. The Kier molecular flexibility index (Phi) is 8.82. The Morgan fingerprint density at radius 3 is 2.46 bits per heavy atom. The molecule has 3 aromatic rings. The molecule has 0 bridgehead atoms. The van der Waals surface area contributed by atoms with Gasteiger partial charge in [0, 0.05) is 31.7 Å². The monoisotopic (exact) mass is 554 g/mol. The van der Waals surface area contributed by atoms with Crippen LogP contribution in [0.1, 0.15) is 22.7 Å². The number of Topliss-reactive ketones (excluding diaryl/α,β-unsaturated/α-hetero) is 1. The van der Waals surface area contributed by atoms with Crippen molar-refractivity contribution in [3.05, 3.63) is 108 Å². The fourth-order valence-corrected chi connectivity index (χ4v) is 5.20. The van der Waals surface area contributed by atoms with E-state index in [9.17, 15) is 14.7 Å².